The average molecular weight is 287 g/mol. The minimum absolute atomic E-state index is 0.288. The van der Waals surface area contributed by atoms with Crippen molar-refractivity contribution in [2.24, 2.45) is 11.7 Å². The van der Waals surface area contributed by atoms with Crippen LogP contribution in [0.3, 0.4) is 0 Å². The van der Waals surface area contributed by atoms with Crippen LogP contribution in [0, 0.1) is 5.92 Å². The number of ether oxygens (including phenoxy) is 1. The van der Waals surface area contributed by atoms with Crippen LogP contribution in [0.4, 0.5) is 0 Å². The van der Waals surface area contributed by atoms with Gasteiger partial charge in [0.2, 0.25) is 0 Å². The minimum atomic E-state index is -0.288. The zero-order valence-electron chi connectivity index (χ0n) is 10.0. The number of nitrogens with two attached hydrogens (primary N) is 1. The molecule has 0 unspecified atom stereocenters. The molecule has 0 aromatic carbocycles. The zero-order valence-corrected chi connectivity index (χ0v) is 11.6. The lowest BCUT2D eigenvalue weighted by molar-refractivity contribution is 0.206. The summed E-state index contributed by atoms with van der Waals surface area (Å²) in [5.74, 6) is 1.37. The van der Waals surface area contributed by atoms with Crippen LogP contribution in [0.15, 0.2) is 22.9 Å². The molecular weight excluding hydrogens is 268 g/mol. The number of pyridine rings is 1. The van der Waals surface area contributed by atoms with E-state index in [4.69, 9.17) is 10.5 Å². The Bertz CT molecular complexity index is 340. The van der Waals surface area contributed by atoms with Crippen LogP contribution in [-0.2, 0) is 0 Å². The molecule has 16 heavy (non-hydrogen) atoms. The zero-order chi connectivity index (χ0) is 12.2. The summed E-state index contributed by atoms with van der Waals surface area (Å²) in [6.45, 7) is 6.85. The highest BCUT2D eigenvalue weighted by Crippen LogP contribution is 2.18. The first-order valence-electron chi connectivity index (χ1n) is 5.42. The highest BCUT2D eigenvalue weighted by Gasteiger charge is 2.20. The summed E-state index contributed by atoms with van der Waals surface area (Å²) in [6, 6.07) is 3.67. The average Bonchev–Trinajstić information content (AvgIpc) is 2.13. The van der Waals surface area contributed by atoms with Gasteiger partial charge in [-0.3, -0.25) is 0 Å². The van der Waals surface area contributed by atoms with Gasteiger partial charge in [-0.25, -0.2) is 4.98 Å². The van der Waals surface area contributed by atoms with Crippen LogP contribution in [0.2, 0.25) is 0 Å². The molecule has 3 nitrogen and oxygen atoms in total. The van der Waals surface area contributed by atoms with Gasteiger partial charge in [-0.1, -0.05) is 13.8 Å². The number of aromatic nitrogens is 1. The van der Waals surface area contributed by atoms with Crippen LogP contribution >= 0.6 is 15.9 Å². The number of hydrogen-bond acceptors (Lipinski definition) is 3. The summed E-state index contributed by atoms with van der Waals surface area (Å²) < 4.78 is 6.43. The van der Waals surface area contributed by atoms with Crippen molar-refractivity contribution < 1.29 is 4.74 Å². The van der Waals surface area contributed by atoms with Crippen molar-refractivity contribution in [1.82, 2.24) is 4.98 Å². The summed E-state index contributed by atoms with van der Waals surface area (Å²) in [5.41, 5.74) is 5.86. The Morgan fingerprint density at radius 3 is 2.81 bits per heavy atom. The Kier molecular flexibility index (Phi) is 4.74. The molecule has 4 heteroatoms. The Labute approximate surface area is 106 Å². The highest BCUT2D eigenvalue weighted by molar-refractivity contribution is 9.10. The number of nitrogens with zero attached hydrogens (tertiary/aromatic N) is 1. The third-order valence-electron chi connectivity index (χ3n) is 2.14. The third-order valence-corrected chi connectivity index (χ3v) is 2.57. The van der Waals surface area contributed by atoms with Crippen molar-refractivity contribution >= 4 is 15.9 Å². The fourth-order valence-corrected chi connectivity index (χ4v) is 2.06. The molecular formula is C12H19BrN2O. The highest BCUT2D eigenvalue weighted by atomic mass is 79.9. The number of rotatable bonds is 5. The van der Waals surface area contributed by atoms with E-state index in [2.05, 4.69) is 34.8 Å². The monoisotopic (exact) mass is 286 g/mol. The minimum Gasteiger partial charge on any atom is -0.492 e. The number of hydrogen-bond donors (Lipinski definition) is 1. The van der Waals surface area contributed by atoms with E-state index in [0.29, 0.717) is 12.5 Å². The summed E-state index contributed by atoms with van der Waals surface area (Å²) in [4.78, 5) is 4.04. The lowest BCUT2D eigenvalue weighted by Gasteiger charge is -2.26. The van der Waals surface area contributed by atoms with Gasteiger partial charge in [0, 0.05) is 17.8 Å². The van der Waals surface area contributed by atoms with Crippen molar-refractivity contribution in [2.45, 2.75) is 32.7 Å². The first-order valence-corrected chi connectivity index (χ1v) is 6.21. The first-order chi connectivity index (χ1) is 7.39. The van der Waals surface area contributed by atoms with Crippen molar-refractivity contribution in [3.8, 4) is 5.75 Å². The number of halogens is 1. The molecule has 1 aromatic heterocycles. The molecule has 0 radical (unpaired) electrons. The van der Waals surface area contributed by atoms with Crippen molar-refractivity contribution in [1.29, 1.82) is 0 Å². The molecule has 0 bridgehead atoms. The van der Waals surface area contributed by atoms with E-state index < -0.39 is 0 Å². The maximum atomic E-state index is 6.15. The van der Waals surface area contributed by atoms with E-state index in [1.54, 1.807) is 6.20 Å². The van der Waals surface area contributed by atoms with Gasteiger partial charge < -0.3 is 10.5 Å². The predicted octanol–water partition coefficient (Wildman–Crippen LogP) is 2.99. The third kappa shape index (κ3) is 4.94. The molecule has 0 aliphatic rings. The second kappa shape index (κ2) is 5.64. The Hall–Kier alpha value is -0.610. The lowest BCUT2D eigenvalue weighted by atomic mass is 9.93. The fraction of sp³-hybridized carbons (Fsp3) is 0.583. The fourth-order valence-electron chi connectivity index (χ4n) is 1.71. The molecule has 0 amide bonds. The van der Waals surface area contributed by atoms with Gasteiger partial charge in [-0.05, 0) is 41.3 Å². The summed E-state index contributed by atoms with van der Waals surface area (Å²) in [5, 5.41) is 0. The van der Waals surface area contributed by atoms with E-state index in [-0.39, 0.29) is 5.54 Å². The van der Waals surface area contributed by atoms with Gasteiger partial charge in [-0.15, -0.1) is 0 Å². The second-order valence-corrected chi connectivity index (χ2v) is 5.67. The smallest absolute Gasteiger partial charge is 0.123 e. The second-order valence-electron chi connectivity index (χ2n) is 4.85. The molecule has 90 valence electrons. The molecule has 1 aromatic rings. The van der Waals surface area contributed by atoms with E-state index in [0.717, 1.165) is 16.8 Å². The van der Waals surface area contributed by atoms with E-state index in [9.17, 15) is 0 Å². The van der Waals surface area contributed by atoms with E-state index in [1.807, 2.05) is 19.1 Å². The molecule has 1 heterocycles. The molecule has 1 atom stereocenters. The van der Waals surface area contributed by atoms with E-state index >= 15 is 0 Å². The molecule has 1 rings (SSSR count). The Morgan fingerprint density at radius 2 is 2.25 bits per heavy atom. The normalized spacial score (nSPS) is 14.9. The van der Waals surface area contributed by atoms with Crippen molar-refractivity contribution in [2.75, 3.05) is 6.61 Å². The van der Waals surface area contributed by atoms with Crippen LogP contribution in [-0.4, -0.2) is 17.1 Å². The van der Waals surface area contributed by atoms with Gasteiger partial charge >= 0.3 is 0 Å². The largest absolute Gasteiger partial charge is 0.492 e. The Morgan fingerprint density at radius 1 is 1.56 bits per heavy atom. The van der Waals surface area contributed by atoms with Crippen molar-refractivity contribution in [3.63, 3.8) is 0 Å². The standard InChI is InChI=1S/C12H19BrN2O/c1-9(2)7-12(3,14)8-16-10-4-5-15-11(13)6-10/h4-6,9H,7-8,14H2,1-3H3/t12-/m0/s1. The van der Waals surface area contributed by atoms with Crippen LogP contribution in [0.1, 0.15) is 27.2 Å². The molecule has 0 fully saturated rings. The molecule has 0 aliphatic carbocycles. The van der Waals surface area contributed by atoms with Gasteiger partial charge in [-0.2, -0.15) is 0 Å². The van der Waals surface area contributed by atoms with E-state index in [1.165, 1.54) is 0 Å². The molecule has 0 saturated carbocycles. The lowest BCUT2D eigenvalue weighted by Crippen LogP contribution is -2.43. The van der Waals surface area contributed by atoms with Gasteiger partial charge in [0.25, 0.3) is 0 Å². The van der Waals surface area contributed by atoms with Gasteiger partial charge in [0.05, 0.1) is 0 Å². The van der Waals surface area contributed by atoms with Crippen molar-refractivity contribution in [3.05, 3.63) is 22.9 Å². The van der Waals surface area contributed by atoms with Crippen LogP contribution in [0.5, 0.6) is 5.75 Å². The van der Waals surface area contributed by atoms with Crippen LogP contribution in [0.25, 0.3) is 0 Å². The molecule has 0 aliphatic heterocycles. The molecule has 2 N–H and O–H groups in total. The quantitative estimate of drug-likeness (QED) is 0.847. The molecule has 0 saturated heterocycles. The van der Waals surface area contributed by atoms with Gasteiger partial charge in [0.1, 0.15) is 17.0 Å². The summed E-state index contributed by atoms with van der Waals surface area (Å²) in [7, 11) is 0. The summed E-state index contributed by atoms with van der Waals surface area (Å²) in [6.07, 6.45) is 2.65. The van der Waals surface area contributed by atoms with Crippen LogP contribution < -0.4 is 10.5 Å². The maximum absolute atomic E-state index is 6.15. The molecule has 0 spiro atoms. The summed E-state index contributed by atoms with van der Waals surface area (Å²) >= 11 is 3.30. The predicted molar refractivity (Wildman–Crippen MR) is 69.5 cm³/mol. The Balaban J connectivity index is 2.50. The maximum Gasteiger partial charge on any atom is 0.123 e. The van der Waals surface area contributed by atoms with Gasteiger partial charge in [0.15, 0.2) is 0 Å². The topological polar surface area (TPSA) is 48.1 Å². The first kappa shape index (κ1) is 13.5. The SMILES string of the molecule is CC(C)C[C@](C)(N)COc1ccnc(Br)c1.